The third-order valence-electron chi connectivity index (χ3n) is 0.472. The molecule has 1 N–H and O–H groups in total. The van der Waals surface area contributed by atoms with Crippen LogP contribution in [0.5, 0.6) is 0 Å². The van der Waals surface area contributed by atoms with Gasteiger partial charge in [0.05, 0.1) is 5.04 Å². The predicted octanol–water partition coefficient (Wildman–Crippen LogP) is 0.235. The molecule has 1 unspecified atom stereocenters. The van der Waals surface area contributed by atoms with Gasteiger partial charge in [0.15, 0.2) is 0 Å². The van der Waals surface area contributed by atoms with Crippen LogP contribution in [-0.2, 0) is 11.2 Å². The fourth-order valence-corrected chi connectivity index (χ4v) is 1.75. The number of hydrogen-bond donors (Lipinski definition) is 1. The molecular formula is C2H4N2OS2. The van der Waals surface area contributed by atoms with Gasteiger partial charge in [-0.05, 0) is 18.9 Å². The zero-order valence-corrected chi connectivity index (χ0v) is 5.30. The molecule has 1 heterocycles. The molecule has 0 fully saturated rings. The smallest absolute Gasteiger partial charge is 0.216 e. The molecule has 1 aliphatic rings. The first-order chi connectivity index (χ1) is 3.29. The molecule has 0 saturated carbocycles. The van der Waals surface area contributed by atoms with Crippen LogP contribution in [0, 0.1) is 0 Å². The maximum absolute atomic E-state index is 10.2. The van der Waals surface area contributed by atoms with Crippen LogP contribution >= 0.6 is 11.9 Å². The quantitative estimate of drug-likeness (QED) is 0.484. The van der Waals surface area contributed by atoms with E-state index in [0.29, 0.717) is 0 Å². The maximum Gasteiger partial charge on any atom is 0.227 e. The highest BCUT2D eigenvalue weighted by atomic mass is 32.3. The molecule has 0 radical (unpaired) electrons. The molecule has 1 rings (SSSR count). The summed E-state index contributed by atoms with van der Waals surface area (Å²) in [5.74, 6) is 0. The maximum atomic E-state index is 10.2. The highest BCUT2D eigenvalue weighted by Gasteiger charge is 2.06. The largest absolute Gasteiger partial charge is 0.227 e. The van der Waals surface area contributed by atoms with E-state index in [0.717, 1.165) is 5.04 Å². The van der Waals surface area contributed by atoms with Crippen molar-refractivity contribution in [3.05, 3.63) is 0 Å². The molecule has 0 aromatic carbocycles. The second-order valence-corrected chi connectivity index (χ2v) is 3.19. The Morgan fingerprint density at radius 3 is 2.86 bits per heavy atom. The molecule has 3 nitrogen and oxygen atoms in total. The number of rotatable bonds is 0. The predicted molar refractivity (Wildman–Crippen MR) is 32.0 cm³/mol. The Morgan fingerprint density at radius 2 is 2.71 bits per heavy atom. The summed E-state index contributed by atoms with van der Waals surface area (Å²) in [4.78, 5) is 0. The molecule has 0 aliphatic carbocycles. The van der Waals surface area contributed by atoms with Crippen LogP contribution < -0.4 is 4.13 Å². The van der Waals surface area contributed by atoms with Gasteiger partial charge in [0.2, 0.25) is 11.2 Å². The minimum Gasteiger partial charge on any atom is -0.216 e. The zero-order chi connectivity index (χ0) is 5.28. The molecular weight excluding hydrogens is 132 g/mol. The average Bonchev–Trinajstić information content (AvgIpc) is 1.87. The van der Waals surface area contributed by atoms with Crippen LogP contribution in [0.3, 0.4) is 0 Å². The van der Waals surface area contributed by atoms with Gasteiger partial charge in [0.25, 0.3) is 0 Å². The van der Waals surface area contributed by atoms with E-state index >= 15 is 0 Å². The lowest BCUT2D eigenvalue weighted by Crippen LogP contribution is -1.96. The summed E-state index contributed by atoms with van der Waals surface area (Å²) in [6.07, 6.45) is 0. The van der Waals surface area contributed by atoms with Gasteiger partial charge in [-0.2, -0.15) is 8.53 Å². The molecule has 0 saturated heterocycles. The molecule has 0 aromatic rings. The van der Waals surface area contributed by atoms with Gasteiger partial charge >= 0.3 is 0 Å². The van der Waals surface area contributed by atoms with Crippen molar-refractivity contribution in [1.29, 1.82) is 0 Å². The third kappa shape index (κ3) is 1.25. The summed E-state index contributed by atoms with van der Waals surface area (Å²) in [5.41, 5.74) is 0. The van der Waals surface area contributed by atoms with Crippen molar-refractivity contribution in [3.63, 3.8) is 0 Å². The summed E-state index contributed by atoms with van der Waals surface area (Å²) < 4.78 is 16.4. The van der Waals surface area contributed by atoms with Gasteiger partial charge in [-0.1, -0.05) is 0 Å². The minimum absolute atomic E-state index is 0.832. The van der Waals surface area contributed by atoms with Crippen LogP contribution in [0.1, 0.15) is 6.92 Å². The van der Waals surface area contributed by atoms with Crippen LogP contribution in [-0.4, -0.2) is 9.25 Å². The Morgan fingerprint density at radius 1 is 2.00 bits per heavy atom. The highest BCUT2D eigenvalue weighted by molar-refractivity contribution is 8.20. The molecule has 1 aliphatic heterocycles. The molecule has 40 valence electrons. The first kappa shape index (κ1) is 5.27. The van der Waals surface area contributed by atoms with E-state index in [1.165, 1.54) is 11.9 Å². The number of nitrogens with zero attached hydrogens (tertiary/aromatic N) is 1. The molecule has 1 atom stereocenters. The lowest BCUT2D eigenvalue weighted by Gasteiger charge is -1.77. The van der Waals surface area contributed by atoms with E-state index in [1.807, 2.05) is 6.92 Å². The summed E-state index contributed by atoms with van der Waals surface area (Å²) >= 11 is 0.153. The van der Waals surface area contributed by atoms with E-state index in [-0.39, 0.29) is 0 Å². The van der Waals surface area contributed by atoms with Gasteiger partial charge in [0, 0.05) is 0 Å². The first-order valence-corrected chi connectivity index (χ1v) is 3.61. The molecule has 7 heavy (non-hydrogen) atoms. The standard InChI is InChI=1S/C2H4N2OS2/c1-2-3-7(5)4-6-2/h4H,1H3. The van der Waals surface area contributed by atoms with E-state index in [4.69, 9.17) is 0 Å². The third-order valence-corrected chi connectivity index (χ3v) is 2.32. The molecule has 0 amide bonds. The summed E-state index contributed by atoms with van der Waals surface area (Å²) in [6.45, 7) is 1.81. The second kappa shape index (κ2) is 1.94. The highest BCUT2D eigenvalue weighted by Crippen LogP contribution is 2.07. The van der Waals surface area contributed by atoms with E-state index in [9.17, 15) is 4.21 Å². The lowest BCUT2D eigenvalue weighted by molar-refractivity contribution is 0.684. The normalized spacial score (nSPS) is 30.4. The van der Waals surface area contributed by atoms with Crippen molar-refractivity contribution >= 4 is 28.2 Å². The van der Waals surface area contributed by atoms with E-state index < -0.39 is 11.2 Å². The molecule has 0 bridgehead atoms. The van der Waals surface area contributed by atoms with Crippen molar-refractivity contribution < 1.29 is 4.21 Å². The fraction of sp³-hybridized carbons (Fsp3) is 0.500. The lowest BCUT2D eigenvalue weighted by atomic mass is 10.9. The van der Waals surface area contributed by atoms with Crippen molar-refractivity contribution in [2.24, 2.45) is 4.40 Å². The monoisotopic (exact) mass is 136 g/mol. The Bertz CT molecular complexity index is 132. The van der Waals surface area contributed by atoms with Crippen LogP contribution in [0.15, 0.2) is 4.40 Å². The number of hydrogen-bond acceptors (Lipinski definition) is 2. The van der Waals surface area contributed by atoms with Crippen LogP contribution in [0.4, 0.5) is 0 Å². The van der Waals surface area contributed by atoms with Gasteiger partial charge in [-0.3, -0.25) is 0 Å². The van der Waals surface area contributed by atoms with Crippen molar-refractivity contribution in [2.75, 3.05) is 0 Å². The summed E-state index contributed by atoms with van der Waals surface area (Å²) in [6, 6.07) is 0. The molecule has 5 heteroatoms. The topological polar surface area (TPSA) is 41.5 Å². The van der Waals surface area contributed by atoms with Crippen LogP contribution in [0.2, 0.25) is 0 Å². The Balaban J connectivity index is 2.67. The Labute approximate surface area is 48.4 Å². The average molecular weight is 136 g/mol. The molecule has 0 spiro atoms. The van der Waals surface area contributed by atoms with Crippen molar-refractivity contribution in [1.82, 2.24) is 4.13 Å². The van der Waals surface area contributed by atoms with E-state index in [2.05, 4.69) is 8.53 Å². The van der Waals surface area contributed by atoms with Gasteiger partial charge in [0.1, 0.15) is 0 Å². The van der Waals surface area contributed by atoms with Gasteiger partial charge in [-0.15, -0.1) is 0 Å². The zero-order valence-electron chi connectivity index (χ0n) is 3.67. The Kier molecular flexibility index (Phi) is 1.46. The summed E-state index contributed by atoms with van der Waals surface area (Å²) in [7, 11) is 0. The Hall–Kier alpha value is 0.130. The SMILES string of the molecule is CC1=NS(=O)NS1. The van der Waals surface area contributed by atoms with Crippen LogP contribution in [0.25, 0.3) is 0 Å². The summed E-state index contributed by atoms with van der Waals surface area (Å²) in [5, 5.41) is 0.832. The molecule has 0 aromatic heterocycles. The second-order valence-electron chi connectivity index (χ2n) is 1.04. The fourth-order valence-electron chi connectivity index (χ4n) is 0.250. The van der Waals surface area contributed by atoms with Gasteiger partial charge < -0.3 is 0 Å². The van der Waals surface area contributed by atoms with Crippen molar-refractivity contribution in [2.45, 2.75) is 6.92 Å². The van der Waals surface area contributed by atoms with Crippen molar-refractivity contribution in [3.8, 4) is 0 Å². The number of nitrogens with one attached hydrogen (secondary N) is 1. The van der Waals surface area contributed by atoms with Gasteiger partial charge in [-0.25, -0.2) is 4.21 Å². The first-order valence-electron chi connectivity index (χ1n) is 1.69. The minimum atomic E-state index is -1.15. The van der Waals surface area contributed by atoms with E-state index in [1.54, 1.807) is 0 Å².